The van der Waals surface area contributed by atoms with Gasteiger partial charge < -0.3 is 5.32 Å². The van der Waals surface area contributed by atoms with Gasteiger partial charge in [-0.2, -0.15) is 22.5 Å². The van der Waals surface area contributed by atoms with E-state index in [1.54, 1.807) is 0 Å². The molecule has 0 saturated heterocycles. The number of halogens is 6. The van der Waals surface area contributed by atoms with E-state index in [2.05, 4.69) is 10.3 Å². The summed E-state index contributed by atoms with van der Waals surface area (Å²) in [5, 5.41) is 2.06. The number of pyridine rings is 1. The Morgan fingerprint density at radius 2 is 1.38 bits per heavy atom. The van der Waals surface area contributed by atoms with Gasteiger partial charge >= 0.3 is 0 Å². The summed E-state index contributed by atoms with van der Waals surface area (Å²) in [5.41, 5.74) is -1.38. The van der Waals surface area contributed by atoms with Crippen LogP contribution in [0.3, 0.4) is 0 Å². The van der Waals surface area contributed by atoms with Gasteiger partial charge in [0.25, 0.3) is 11.9 Å². The minimum absolute atomic E-state index is 0.275. The number of nitrogens with zero attached hydrogens (tertiary/aromatic N) is 1. The largest absolute Gasteiger partial charge is 0.380 e. The molecular formula is C13H8F6N2. The minimum Gasteiger partial charge on any atom is -0.380 e. The van der Waals surface area contributed by atoms with Gasteiger partial charge in [-0.05, 0) is 18.6 Å². The van der Waals surface area contributed by atoms with E-state index in [1.165, 1.54) is 0 Å². The summed E-state index contributed by atoms with van der Waals surface area (Å²) in [5.74, 6) is -8.69. The molecule has 2 rings (SSSR count). The normalized spacial score (nSPS) is 10.8. The van der Waals surface area contributed by atoms with Crippen molar-refractivity contribution in [1.82, 2.24) is 4.98 Å². The highest BCUT2D eigenvalue weighted by molar-refractivity contribution is 5.45. The number of hydrogen-bond donors (Lipinski definition) is 1. The third-order valence-corrected chi connectivity index (χ3v) is 2.74. The van der Waals surface area contributed by atoms with Gasteiger partial charge in [0.2, 0.25) is 11.6 Å². The van der Waals surface area contributed by atoms with Gasteiger partial charge in [-0.3, -0.25) is 0 Å². The number of hydrogen-bond acceptors (Lipinski definition) is 2. The van der Waals surface area contributed by atoms with E-state index in [-0.39, 0.29) is 18.5 Å². The number of anilines is 1. The second-order valence-corrected chi connectivity index (χ2v) is 4.07. The van der Waals surface area contributed by atoms with E-state index in [9.17, 15) is 26.3 Å². The zero-order valence-corrected chi connectivity index (χ0v) is 10.4. The first kappa shape index (κ1) is 15.1. The predicted molar refractivity (Wildman–Crippen MR) is 62.6 cm³/mol. The molecule has 0 radical (unpaired) electrons. The molecule has 0 saturated carbocycles. The Kier molecular flexibility index (Phi) is 4.35. The fourth-order valence-corrected chi connectivity index (χ4v) is 1.73. The summed E-state index contributed by atoms with van der Waals surface area (Å²) in [4.78, 5) is 2.38. The molecule has 0 atom stereocenters. The molecule has 21 heavy (non-hydrogen) atoms. The maximum Gasteiger partial charge on any atom is 0.253 e. The number of benzene rings is 1. The highest BCUT2D eigenvalue weighted by Gasteiger charge is 2.20. The number of rotatable bonds is 4. The minimum atomic E-state index is -1.81. The lowest BCUT2D eigenvalue weighted by Crippen LogP contribution is -2.13. The molecule has 1 N–H and O–H groups in total. The molecule has 0 bridgehead atoms. The van der Waals surface area contributed by atoms with Crippen LogP contribution in [0.1, 0.15) is 5.56 Å². The van der Waals surface area contributed by atoms with Crippen LogP contribution >= 0.6 is 0 Å². The fraction of sp³-hybridized carbons (Fsp3) is 0.154. The van der Waals surface area contributed by atoms with Crippen LogP contribution in [-0.2, 0) is 6.42 Å². The summed E-state index contributed by atoms with van der Waals surface area (Å²) in [6, 6.07) is 3.20. The first-order chi connectivity index (χ1) is 9.91. The second kappa shape index (κ2) is 6.02. The summed E-state index contributed by atoms with van der Waals surface area (Å²) < 4.78 is 78.9. The van der Waals surface area contributed by atoms with Crippen LogP contribution in [0, 0.1) is 35.2 Å². The van der Waals surface area contributed by atoms with Crippen molar-refractivity contribution in [2.24, 2.45) is 0 Å². The standard InChI is InChI=1S/C13H8F6N2/c14-7-2-1-3-8(15)6(7)4-5-20-11-9(16)12(18)21-13(19)10(11)17/h1-3H,4-5H2,(H,20,21). The molecule has 0 unspecified atom stereocenters. The average molecular weight is 306 g/mol. The molecule has 2 nitrogen and oxygen atoms in total. The van der Waals surface area contributed by atoms with Gasteiger partial charge in [-0.25, -0.2) is 8.78 Å². The Morgan fingerprint density at radius 1 is 0.857 bits per heavy atom. The molecular weight excluding hydrogens is 298 g/mol. The highest BCUT2D eigenvalue weighted by atomic mass is 19.2. The topological polar surface area (TPSA) is 24.9 Å². The second-order valence-electron chi connectivity index (χ2n) is 4.07. The lowest BCUT2D eigenvalue weighted by molar-refractivity contribution is 0.410. The van der Waals surface area contributed by atoms with Crippen molar-refractivity contribution in [1.29, 1.82) is 0 Å². The van der Waals surface area contributed by atoms with E-state index in [0.717, 1.165) is 18.2 Å². The highest BCUT2D eigenvalue weighted by Crippen LogP contribution is 2.22. The number of aromatic nitrogens is 1. The molecule has 1 aromatic carbocycles. The van der Waals surface area contributed by atoms with E-state index in [1.807, 2.05) is 0 Å². The van der Waals surface area contributed by atoms with Crippen LogP contribution < -0.4 is 5.32 Å². The molecule has 2 aromatic rings. The number of nitrogens with one attached hydrogen (secondary N) is 1. The molecule has 0 amide bonds. The SMILES string of the molecule is Fc1cccc(F)c1CCNc1c(F)c(F)nc(F)c1F. The zero-order valence-electron chi connectivity index (χ0n) is 10.4. The molecule has 0 spiro atoms. The third kappa shape index (κ3) is 3.09. The molecule has 0 aliphatic rings. The lowest BCUT2D eigenvalue weighted by atomic mass is 10.1. The zero-order chi connectivity index (χ0) is 15.6. The molecule has 0 aliphatic carbocycles. The van der Waals surface area contributed by atoms with Gasteiger partial charge in [0.05, 0.1) is 0 Å². The van der Waals surface area contributed by atoms with Crippen LogP contribution in [0.4, 0.5) is 32.0 Å². The molecule has 1 heterocycles. The smallest absolute Gasteiger partial charge is 0.253 e. The maximum atomic E-state index is 13.3. The van der Waals surface area contributed by atoms with Crippen LogP contribution in [0.15, 0.2) is 18.2 Å². The van der Waals surface area contributed by atoms with Gasteiger partial charge in [0.1, 0.15) is 17.3 Å². The van der Waals surface area contributed by atoms with Gasteiger partial charge in [0.15, 0.2) is 0 Å². The quantitative estimate of drug-likeness (QED) is 0.690. The van der Waals surface area contributed by atoms with E-state index in [0.29, 0.717) is 0 Å². The average Bonchev–Trinajstić information content (AvgIpc) is 2.43. The summed E-state index contributed by atoms with van der Waals surface area (Å²) in [6.45, 7) is -0.339. The summed E-state index contributed by atoms with van der Waals surface area (Å²) in [7, 11) is 0. The maximum absolute atomic E-state index is 13.3. The Bertz CT molecular complexity index is 628. The summed E-state index contributed by atoms with van der Waals surface area (Å²) in [6.07, 6.45) is -0.275. The first-order valence-electron chi connectivity index (χ1n) is 5.78. The molecule has 0 aliphatic heterocycles. The van der Waals surface area contributed by atoms with E-state index < -0.39 is 40.9 Å². The molecule has 8 heteroatoms. The van der Waals surface area contributed by atoms with Gasteiger partial charge in [-0.15, -0.1) is 0 Å². The Morgan fingerprint density at radius 3 is 1.90 bits per heavy atom. The summed E-state index contributed by atoms with van der Waals surface area (Å²) >= 11 is 0. The first-order valence-corrected chi connectivity index (χ1v) is 5.78. The predicted octanol–water partition coefficient (Wildman–Crippen LogP) is 3.57. The Balaban J connectivity index is 2.15. The third-order valence-electron chi connectivity index (χ3n) is 2.74. The Labute approximate surface area is 115 Å². The molecule has 1 aromatic heterocycles. The fourth-order valence-electron chi connectivity index (χ4n) is 1.73. The van der Waals surface area contributed by atoms with Crippen LogP contribution in [0.2, 0.25) is 0 Å². The van der Waals surface area contributed by atoms with Gasteiger partial charge in [-0.1, -0.05) is 6.07 Å². The van der Waals surface area contributed by atoms with Crippen molar-refractivity contribution < 1.29 is 26.3 Å². The van der Waals surface area contributed by atoms with Crippen molar-refractivity contribution in [2.75, 3.05) is 11.9 Å². The van der Waals surface area contributed by atoms with Crippen molar-refractivity contribution >= 4 is 5.69 Å². The van der Waals surface area contributed by atoms with Crippen molar-refractivity contribution in [3.63, 3.8) is 0 Å². The van der Waals surface area contributed by atoms with Crippen LogP contribution in [0.25, 0.3) is 0 Å². The van der Waals surface area contributed by atoms with E-state index >= 15 is 0 Å². The van der Waals surface area contributed by atoms with Crippen molar-refractivity contribution in [3.8, 4) is 0 Å². The lowest BCUT2D eigenvalue weighted by Gasteiger charge is -2.10. The van der Waals surface area contributed by atoms with E-state index in [4.69, 9.17) is 0 Å². The van der Waals surface area contributed by atoms with Crippen molar-refractivity contribution in [3.05, 3.63) is 58.9 Å². The monoisotopic (exact) mass is 306 g/mol. The van der Waals surface area contributed by atoms with Crippen molar-refractivity contribution in [2.45, 2.75) is 6.42 Å². The molecule has 112 valence electrons. The Hall–Kier alpha value is -2.25. The van der Waals surface area contributed by atoms with Gasteiger partial charge in [0, 0.05) is 12.1 Å². The van der Waals surface area contributed by atoms with Crippen LogP contribution in [0.5, 0.6) is 0 Å². The molecule has 0 fully saturated rings. The van der Waals surface area contributed by atoms with Crippen LogP contribution in [-0.4, -0.2) is 11.5 Å².